The molecule has 1 aromatic rings. The Hall–Kier alpha value is -1.37. The highest BCUT2D eigenvalue weighted by atomic mass is 35.5. The fourth-order valence-electron chi connectivity index (χ4n) is 1.47. The molecule has 4 N–H and O–H groups in total. The number of aliphatic hydroxyl groups excluding tert-OH is 1. The van der Waals surface area contributed by atoms with Crippen LogP contribution in [0.4, 0.5) is 11.4 Å². The molecule has 1 rings (SSSR count). The average Bonchev–Trinajstić information content (AvgIpc) is 2.29. The normalized spacial score (nSPS) is 12.2. The van der Waals surface area contributed by atoms with Gasteiger partial charge in [0.1, 0.15) is 12.2 Å². The number of anilines is 1. The van der Waals surface area contributed by atoms with Gasteiger partial charge in [-0.3, -0.25) is 10.1 Å². The van der Waals surface area contributed by atoms with Gasteiger partial charge >= 0.3 is 0 Å². The minimum absolute atomic E-state index is 0.0296. The molecule has 0 aliphatic rings. The molecule has 100 valence electrons. The number of nitrogens with two attached hydrogens (primary N) is 1. The Morgan fingerprint density at radius 3 is 2.94 bits per heavy atom. The van der Waals surface area contributed by atoms with E-state index < -0.39 is 4.92 Å². The lowest BCUT2D eigenvalue weighted by Gasteiger charge is -2.07. The first-order valence-electron chi connectivity index (χ1n) is 5.68. The maximum absolute atomic E-state index is 10.8. The molecule has 0 bridgehead atoms. The van der Waals surface area contributed by atoms with Crippen molar-refractivity contribution in [2.75, 3.05) is 25.0 Å². The van der Waals surface area contributed by atoms with Crippen molar-refractivity contribution in [2.24, 2.45) is 0 Å². The Kier molecular flexibility index (Phi) is 5.84. The fourth-order valence-corrected chi connectivity index (χ4v) is 1.64. The summed E-state index contributed by atoms with van der Waals surface area (Å²) in [7, 11) is 0. The van der Waals surface area contributed by atoms with Crippen LogP contribution in [0.1, 0.15) is 6.92 Å². The number of aliphatic hydroxyl groups is 1. The second kappa shape index (κ2) is 7.15. The summed E-state index contributed by atoms with van der Waals surface area (Å²) >= 11 is 5.71. The predicted octanol–water partition coefficient (Wildman–Crippen LogP) is 0.604. The number of halogens is 1. The lowest BCUT2D eigenvalue weighted by molar-refractivity contribution is -0.657. The molecule has 0 radical (unpaired) electrons. The minimum Gasteiger partial charge on any atom is -0.388 e. The SMILES string of the molecule is C[C@@H](O)C[NH2+]CCNc1ccc(Cl)cc1[N+](=O)[O-]. The van der Waals surface area contributed by atoms with Crippen LogP contribution in [0.5, 0.6) is 0 Å². The molecule has 6 nitrogen and oxygen atoms in total. The molecular formula is C11H17ClN3O3+. The lowest BCUT2D eigenvalue weighted by Crippen LogP contribution is -2.87. The number of hydrogen-bond acceptors (Lipinski definition) is 4. The molecule has 1 aromatic carbocycles. The maximum Gasteiger partial charge on any atom is 0.293 e. The highest BCUT2D eigenvalue weighted by molar-refractivity contribution is 6.30. The van der Waals surface area contributed by atoms with Gasteiger partial charge in [-0.2, -0.15) is 0 Å². The molecule has 0 heterocycles. The fraction of sp³-hybridized carbons (Fsp3) is 0.455. The molecule has 1 atom stereocenters. The summed E-state index contributed by atoms with van der Waals surface area (Å²) in [6.07, 6.45) is -0.352. The van der Waals surface area contributed by atoms with Crippen LogP contribution in [-0.4, -0.2) is 35.8 Å². The van der Waals surface area contributed by atoms with Gasteiger partial charge in [0.05, 0.1) is 24.1 Å². The number of nitro benzene ring substituents is 1. The van der Waals surface area contributed by atoms with Crippen LogP contribution in [0.3, 0.4) is 0 Å². The Morgan fingerprint density at radius 2 is 2.33 bits per heavy atom. The lowest BCUT2D eigenvalue weighted by atomic mass is 10.2. The van der Waals surface area contributed by atoms with Crippen LogP contribution in [0.15, 0.2) is 18.2 Å². The second-order valence-corrected chi connectivity index (χ2v) is 4.44. The van der Waals surface area contributed by atoms with E-state index >= 15 is 0 Å². The summed E-state index contributed by atoms with van der Waals surface area (Å²) in [6, 6.07) is 4.52. The first-order chi connectivity index (χ1) is 8.50. The summed E-state index contributed by atoms with van der Waals surface area (Å²) in [4.78, 5) is 10.4. The molecule has 0 saturated heterocycles. The monoisotopic (exact) mass is 274 g/mol. The van der Waals surface area contributed by atoms with Crippen LogP contribution in [-0.2, 0) is 0 Å². The third-order valence-corrected chi connectivity index (χ3v) is 2.56. The second-order valence-electron chi connectivity index (χ2n) is 4.01. The number of nitro groups is 1. The Balaban J connectivity index is 2.49. The number of nitrogens with zero attached hydrogens (tertiary/aromatic N) is 1. The third kappa shape index (κ3) is 4.87. The number of quaternary nitrogens is 1. The number of hydrogen-bond donors (Lipinski definition) is 3. The molecule has 0 amide bonds. The van der Waals surface area contributed by atoms with Crippen molar-refractivity contribution in [1.82, 2.24) is 0 Å². The summed E-state index contributed by atoms with van der Waals surface area (Å²) in [5, 5.41) is 25.1. The van der Waals surface area contributed by atoms with Gasteiger partial charge in [-0.05, 0) is 19.1 Å². The van der Waals surface area contributed by atoms with Crippen molar-refractivity contribution in [3.8, 4) is 0 Å². The quantitative estimate of drug-likeness (QED) is 0.386. The molecule has 0 aliphatic carbocycles. The highest BCUT2D eigenvalue weighted by Gasteiger charge is 2.13. The van der Waals surface area contributed by atoms with Gasteiger partial charge in [-0.1, -0.05) is 11.6 Å². The Bertz CT molecular complexity index is 413. The third-order valence-electron chi connectivity index (χ3n) is 2.33. The van der Waals surface area contributed by atoms with Crippen LogP contribution in [0.2, 0.25) is 5.02 Å². The molecule has 18 heavy (non-hydrogen) atoms. The number of benzene rings is 1. The van der Waals surface area contributed by atoms with Gasteiger partial charge in [0.2, 0.25) is 0 Å². The number of nitrogens with one attached hydrogen (secondary N) is 1. The van der Waals surface area contributed by atoms with E-state index in [-0.39, 0.29) is 11.8 Å². The van der Waals surface area contributed by atoms with E-state index in [0.29, 0.717) is 23.8 Å². The molecule has 0 spiro atoms. The van der Waals surface area contributed by atoms with Gasteiger partial charge < -0.3 is 15.7 Å². The van der Waals surface area contributed by atoms with Crippen molar-refractivity contribution in [2.45, 2.75) is 13.0 Å². The zero-order valence-corrected chi connectivity index (χ0v) is 10.9. The van der Waals surface area contributed by atoms with E-state index in [9.17, 15) is 10.1 Å². The summed E-state index contributed by atoms with van der Waals surface area (Å²) in [5.41, 5.74) is 0.424. The van der Waals surface area contributed by atoms with E-state index in [0.717, 1.165) is 6.54 Å². The Morgan fingerprint density at radius 1 is 1.61 bits per heavy atom. The van der Waals surface area contributed by atoms with E-state index in [1.165, 1.54) is 6.07 Å². The summed E-state index contributed by atoms with van der Waals surface area (Å²) in [6.45, 7) is 3.64. The molecule has 0 saturated carbocycles. The molecule has 0 unspecified atom stereocenters. The van der Waals surface area contributed by atoms with Crippen LogP contribution in [0, 0.1) is 10.1 Å². The van der Waals surface area contributed by atoms with Crippen molar-refractivity contribution >= 4 is 23.0 Å². The molecule has 0 fully saturated rings. The molecule has 7 heteroatoms. The van der Waals surface area contributed by atoms with Crippen molar-refractivity contribution in [1.29, 1.82) is 0 Å². The van der Waals surface area contributed by atoms with Crippen molar-refractivity contribution in [3.05, 3.63) is 33.3 Å². The highest BCUT2D eigenvalue weighted by Crippen LogP contribution is 2.27. The predicted molar refractivity (Wildman–Crippen MR) is 69.9 cm³/mol. The van der Waals surface area contributed by atoms with Crippen molar-refractivity contribution in [3.63, 3.8) is 0 Å². The topological polar surface area (TPSA) is 92.0 Å². The van der Waals surface area contributed by atoms with Gasteiger partial charge in [-0.25, -0.2) is 0 Å². The number of rotatable bonds is 7. The van der Waals surface area contributed by atoms with E-state index in [2.05, 4.69) is 5.32 Å². The summed E-state index contributed by atoms with van der Waals surface area (Å²) < 4.78 is 0. The van der Waals surface area contributed by atoms with Gasteiger partial charge in [0.15, 0.2) is 0 Å². The maximum atomic E-state index is 10.8. The van der Waals surface area contributed by atoms with E-state index in [4.69, 9.17) is 16.7 Å². The zero-order chi connectivity index (χ0) is 13.5. The molecule has 0 aliphatic heterocycles. The standard InChI is InChI=1S/C11H16ClN3O3/c1-8(16)7-13-4-5-14-10-3-2-9(12)6-11(10)15(17)18/h2-3,6,8,13-14,16H,4-5,7H2,1H3/p+1/t8-/m1/s1. The largest absolute Gasteiger partial charge is 0.388 e. The molecule has 0 aromatic heterocycles. The van der Waals surface area contributed by atoms with E-state index in [1.807, 2.05) is 5.32 Å². The van der Waals surface area contributed by atoms with Crippen LogP contribution in [0.25, 0.3) is 0 Å². The molecular weight excluding hydrogens is 258 g/mol. The van der Waals surface area contributed by atoms with Gasteiger partial charge in [0, 0.05) is 11.1 Å². The Labute approximate surface area is 110 Å². The van der Waals surface area contributed by atoms with Crippen LogP contribution < -0.4 is 10.6 Å². The zero-order valence-electron chi connectivity index (χ0n) is 10.1. The summed E-state index contributed by atoms with van der Waals surface area (Å²) in [5.74, 6) is 0. The first-order valence-corrected chi connectivity index (χ1v) is 6.06. The smallest absolute Gasteiger partial charge is 0.293 e. The first kappa shape index (κ1) is 14.7. The van der Waals surface area contributed by atoms with E-state index in [1.54, 1.807) is 19.1 Å². The van der Waals surface area contributed by atoms with Crippen LogP contribution >= 0.6 is 11.6 Å². The van der Waals surface area contributed by atoms with Crippen molar-refractivity contribution < 1.29 is 15.3 Å². The minimum atomic E-state index is -0.465. The van der Waals surface area contributed by atoms with Gasteiger partial charge in [-0.15, -0.1) is 0 Å². The average molecular weight is 275 g/mol. The van der Waals surface area contributed by atoms with Gasteiger partial charge in [0.25, 0.3) is 5.69 Å².